The van der Waals surface area contributed by atoms with Crippen LogP contribution in [0.1, 0.15) is 17.7 Å². The van der Waals surface area contributed by atoms with Gasteiger partial charge in [0.25, 0.3) is 0 Å². The number of nitrogens with zero attached hydrogens (tertiary/aromatic N) is 1. The Morgan fingerprint density at radius 2 is 1.83 bits per heavy atom. The van der Waals surface area contributed by atoms with E-state index in [4.69, 9.17) is 16.3 Å². The van der Waals surface area contributed by atoms with Gasteiger partial charge in [-0.25, -0.2) is 0 Å². The van der Waals surface area contributed by atoms with E-state index in [1.807, 2.05) is 47.9 Å². The van der Waals surface area contributed by atoms with E-state index in [9.17, 15) is 14.7 Å². The summed E-state index contributed by atoms with van der Waals surface area (Å²) < 4.78 is 7.02. The minimum atomic E-state index is -1.13. The van der Waals surface area contributed by atoms with Gasteiger partial charge in [-0.1, -0.05) is 17.7 Å². The van der Waals surface area contributed by atoms with Gasteiger partial charge in [-0.3, -0.25) is 4.79 Å². The van der Waals surface area contributed by atoms with Crippen LogP contribution in [0, 0.1) is 6.92 Å². The molecule has 0 atom stereocenters. The minimum Gasteiger partial charge on any atom is -0.550 e. The molecule has 0 fully saturated rings. The molecule has 0 aliphatic heterocycles. The molecule has 0 aliphatic carbocycles. The van der Waals surface area contributed by atoms with E-state index in [1.54, 1.807) is 25.3 Å². The van der Waals surface area contributed by atoms with Gasteiger partial charge in [0.15, 0.2) is 0 Å². The number of amides is 1. The van der Waals surface area contributed by atoms with Gasteiger partial charge < -0.3 is 24.5 Å². The van der Waals surface area contributed by atoms with Crippen LogP contribution in [0.5, 0.6) is 5.75 Å². The highest BCUT2D eigenvalue weighted by atomic mass is 35.5. The number of carbonyl (C=O) groups is 2. The summed E-state index contributed by atoms with van der Waals surface area (Å²) in [5.74, 6) is -0.642. The maximum atomic E-state index is 12.8. The number of carboxylic acid groups (broad SMARTS) is 1. The second-order valence-electron chi connectivity index (χ2n) is 6.86. The Bertz CT molecular complexity index is 1060. The molecule has 3 aromatic rings. The van der Waals surface area contributed by atoms with Crippen molar-refractivity contribution in [1.82, 2.24) is 4.57 Å². The molecule has 2 aromatic carbocycles. The highest BCUT2D eigenvalue weighted by Gasteiger charge is 2.15. The Labute approximate surface area is 180 Å². The lowest BCUT2D eigenvalue weighted by atomic mass is 10.1. The summed E-state index contributed by atoms with van der Waals surface area (Å²) in [6, 6.07) is 16.5. The van der Waals surface area contributed by atoms with Crippen molar-refractivity contribution in [2.24, 2.45) is 0 Å². The molecule has 1 N–H and O–H groups in total. The van der Waals surface area contributed by atoms with Crippen LogP contribution in [0.3, 0.4) is 0 Å². The number of aliphatic carboxylic acids is 1. The number of aromatic nitrogens is 1. The second-order valence-corrected chi connectivity index (χ2v) is 7.26. The molecular weight excluding hydrogens is 404 g/mol. The number of methoxy groups -OCH3 is 1. The number of rotatable bonds is 8. The van der Waals surface area contributed by atoms with Gasteiger partial charge in [0.2, 0.25) is 5.91 Å². The van der Waals surface area contributed by atoms with Gasteiger partial charge in [0.1, 0.15) is 12.3 Å². The maximum absolute atomic E-state index is 12.8. The van der Waals surface area contributed by atoms with Crippen molar-refractivity contribution in [3.05, 3.63) is 70.9 Å². The van der Waals surface area contributed by atoms with Crippen molar-refractivity contribution in [2.75, 3.05) is 12.4 Å². The molecule has 0 bridgehead atoms. The van der Waals surface area contributed by atoms with Gasteiger partial charge in [-0.15, -0.1) is 0 Å². The number of hydrogen-bond donors (Lipinski definition) is 1. The van der Waals surface area contributed by atoms with E-state index in [-0.39, 0.29) is 25.3 Å². The number of aryl methyl sites for hydroxylation is 1. The molecule has 3 rings (SSSR count). The minimum absolute atomic E-state index is 0.0305. The third-order valence-corrected chi connectivity index (χ3v) is 5.30. The summed E-state index contributed by atoms with van der Waals surface area (Å²) in [5, 5.41) is 14.4. The van der Waals surface area contributed by atoms with Crippen molar-refractivity contribution in [2.45, 2.75) is 26.3 Å². The predicted octanol–water partition coefficient (Wildman–Crippen LogP) is 3.45. The Morgan fingerprint density at radius 1 is 1.10 bits per heavy atom. The Balaban J connectivity index is 1.89. The van der Waals surface area contributed by atoms with Gasteiger partial charge in [0.05, 0.1) is 7.11 Å². The van der Waals surface area contributed by atoms with E-state index < -0.39 is 5.97 Å². The van der Waals surface area contributed by atoms with Gasteiger partial charge in [-0.05, 0) is 79.4 Å². The van der Waals surface area contributed by atoms with Crippen LogP contribution < -0.4 is 15.2 Å². The van der Waals surface area contributed by atoms with Crippen molar-refractivity contribution < 1.29 is 19.4 Å². The first-order valence-electron chi connectivity index (χ1n) is 9.46. The summed E-state index contributed by atoms with van der Waals surface area (Å²) in [5.41, 5.74) is 3.86. The molecule has 30 heavy (non-hydrogen) atoms. The monoisotopic (exact) mass is 425 g/mol. The molecule has 0 unspecified atom stereocenters. The Morgan fingerprint density at radius 3 is 2.50 bits per heavy atom. The number of carboxylic acids is 1. The van der Waals surface area contributed by atoms with Crippen LogP contribution in [-0.4, -0.2) is 23.6 Å². The number of hydrogen-bond acceptors (Lipinski definition) is 4. The topological polar surface area (TPSA) is 83.4 Å². The SMILES string of the molecule is COc1ccc(-c2ccc(CCC(=O)[O-])n2CC(=O)Nc2cccc(Cl)c2C)cc1. The lowest BCUT2D eigenvalue weighted by Crippen LogP contribution is -2.24. The normalized spacial score (nSPS) is 10.6. The number of benzene rings is 2. The third-order valence-electron chi connectivity index (χ3n) is 4.89. The number of carbonyl (C=O) groups excluding carboxylic acids is 2. The highest BCUT2D eigenvalue weighted by molar-refractivity contribution is 6.31. The van der Waals surface area contributed by atoms with Crippen molar-refractivity contribution in [3.8, 4) is 17.0 Å². The quantitative estimate of drug-likeness (QED) is 0.599. The summed E-state index contributed by atoms with van der Waals surface area (Å²) in [6.45, 7) is 1.87. The standard InChI is InChI=1S/C23H23ClN2O4/c1-15-19(24)4-3-5-20(15)25-22(27)14-26-17(9-13-23(28)29)8-12-21(26)16-6-10-18(30-2)11-7-16/h3-8,10-12H,9,13-14H2,1-2H3,(H,25,27)(H,28,29)/p-1. The molecular formula is C23H22ClN2O4-. The molecule has 1 aromatic heterocycles. The van der Waals surface area contributed by atoms with Gasteiger partial charge >= 0.3 is 0 Å². The smallest absolute Gasteiger partial charge is 0.244 e. The largest absolute Gasteiger partial charge is 0.550 e. The van der Waals surface area contributed by atoms with Crippen LogP contribution in [0.15, 0.2) is 54.6 Å². The number of anilines is 1. The molecule has 0 saturated carbocycles. The van der Waals surface area contributed by atoms with Crippen molar-refractivity contribution in [1.29, 1.82) is 0 Å². The van der Waals surface area contributed by atoms with Crippen LogP contribution in [0.4, 0.5) is 5.69 Å². The molecule has 7 heteroatoms. The first kappa shape index (κ1) is 21.5. The Kier molecular flexibility index (Phi) is 6.79. The zero-order valence-corrected chi connectivity index (χ0v) is 17.5. The highest BCUT2D eigenvalue weighted by Crippen LogP contribution is 2.27. The van der Waals surface area contributed by atoms with Crippen molar-refractivity contribution in [3.63, 3.8) is 0 Å². The van der Waals surface area contributed by atoms with E-state index in [0.29, 0.717) is 10.7 Å². The molecule has 156 valence electrons. The van der Waals surface area contributed by atoms with Gasteiger partial charge in [0, 0.05) is 28.1 Å². The fraction of sp³-hybridized carbons (Fsp3) is 0.217. The van der Waals surface area contributed by atoms with E-state index >= 15 is 0 Å². The van der Waals surface area contributed by atoms with E-state index in [0.717, 1.165) is 28.3 Å². The molecule has 0 radical (unpaired) electrons. The summed E-state index contributed by atoms with van der Waals surface area (Å²) in [6.07, 6.45) is 0.142. The number of halogens is 1. The Hall–Kier alpha value is -3.25. The second kappa shape index (κ2) is 9.50. The molecule has 1 heterocycles. The zero-order valence-electron chi connectivity index (χ0n) is 16.8. The van der Waals surface area contributed by atoms with Crippen LogP contribution >= 0.6 is 11.6 Å². The maximum Gasteiger partial charge on any atom is 0.244 e. The lowest BCUT2D eigenvalue weighted by molar-refractivity contribution is -0.305. The molecule has 0 saturated heterocycles. The summed E-state index contributed by atoms with van der Waals surface area (Å²) in [7, 11) is 1.60. The van der Waals surface area contributed by atoms with E-state index in [1.165, 1.54) is 0 Å². The molecule has 0 aliphatic rings. The number of ether oxygens (including phenoxy) is 1. The zero-order chi connectivity index (χ0) is 21.7. The van der Waals surface area contributed by atoms with Crippen LogP contribution in [0.2, 0.25) is 5.02 Å². The van der Waals surface area contributed by atoms with Crippen molar-refractivity contribution >= 4 is 29.2 Å². The van der Waals surface area contributed by atoms with Crippen LogP contribution in [-0.2, 0) is 22.6 Å². The molecule has 6 nitrogen and oxygen atoms in total. The first-order chi connectivity index (χ1) is 14.4. The average molecular weight is 426 g/mol. The van der Waals surface area contributed by atoms with Crippen LogP contribution in [0.25, 0.3) is 11.3 Å². The molecule has 0 spiro atoms. The van der Waals surface area contributed by atoms with E-state index in [2.05, 4.69) is 5.32 Å². The predicted molar refractivity (Wildman–Crippen MR) is 115 cm³/mol. The number of nitrogens with one attached hydrogen (secondary N) is 1. The first-order valence-corrected chi connectivity index (χ1v) is 9.84. The molecule has 1 amide bonds. The van der Waals surface area contributed by atoms with Gasteiger partial charge in [-0.2, -0.15) is 0 Å². The summed E-state index contributed by atoms with van der Waals surface area (Å²) in [4.78, 5) is 23.7. The lowest BCUT2D eigenvalue weighted by Gasteiger charge is -2.15. The summed E-state index contributed by atoms with van der Waals surface area (Å²) >= 11 is 6.14. The average Bonchev–Trinajstić information content (AvgIpc) is 3.12. The fourth-order valence-electron chi connectivity index (χ4n) is 3.23. The fourth-order valence-corrected chi connectivity index (χ4v) is 3.41. The third kappa shape index (κ3) is 5.02.